The van der Waals surface area contributed by atoms with Crippen LogP contribution in [0.25, 0.3) is 0 Å². The summed E-state index contributed by atoms with van der Waals surface area (Å²) in [4.78, 5) is 7.86. The summed E-state index contributed by atoms with van der Waals surface area (Å²) < 4.78 is 0. The molecule has 1 saturated carbocycles. The molecule has 1 fully saturated rings. The van der Waals surface area contributed by atoms with Gasteiger partial charge in [-0.2, -0.15) is 4.98 Å². The third kappa shape index (κ3) is 2.75. The van der Waals surface area contributed by atoms with E-state index in [0.29, 0.717) is 10.8 Å². The molecule has 0 radical (unpaired) electrons. The van der Waals surface area contributed by atoms with Gasteiger partial charge in [-0.25, -0.2) is 4.98 Å². The van der Waals surface area contributed by atoms with Crippen LogP contribution in [-0.2, 0) is 0 Å². The molecule has 88 valence electrons. The fraction of sp³-hybridized carbons (Fsp3) is 0.600. The average Bonchev–Trinajstić information content (AvgIpc) is 2.27. The Balaban J connectivity index is 2.10. The highest BCUT2D eigenvalue weighted by molar-refractivity contribution is 6.33. The van der Waals surface area contributed by atoms with Crippen molar-refractivity contribution in [3.63, 3.8) is 0 Å². The SMILES string of the molecule is N[C@@H]1CCCC[C@H]1Nc1nc(Cl)ncc1Cl. The molecule has 0 aliphatic heterocycles. The lowest BCUT2D eigenvalue weighted by molar-refractivity contribution is 0.403. The van der Waals surface area contributed by atoms with E-state index in [1.54, 1.807) is 0 Å². The molecule has 0 amide bonds. The van der Waals surface area contributed by atoms with Gasteiger partial charge in [-0.15, -0.1) is 0 Å². The number of hydrogen-bond acceptors (Lipinski definition) is 4. The molecule has 1 heterocycles. The third-order valence-corrected chi connectivity index (χ3v) is 3.31. The van der Waals surface area contributed by atoms with Crippen LogP contribution in [0.15, 0.2) is 6.20 Å². The van der Waals surface area contributed by atoms with Crippen LogP contribution in [0.3, 0.4) is 0 Å². The molecular weight excluding hydrogens is 247 g/mol. The number of nitrogens with zero attached hydrogens (tertiary/aromatic N) is 2. The van der Waals surface area contributed by atoms with Gasteiger partial charge in [-0.3, -0.25) is 0 Å². The quantitative estimate of drug-likeness (QED) is 0.803. The van der Waals surface area contributed by atoms with E-state index in [1.807, 2.05) is 0 Å². The second-order valence-electron chi connectivity index (χ2n) is 4.03. The molecule has 1 aromatic heterocycles. The molecule has 0 unspecified atom stereocenters. The zero-order valence-corrected chi connectivity index (χ0v) is 10.3. The predicted molar refractivity (Wildman–Crippen MR) is 65.9 cm³/mol. The molecule has 3 N–H and O–H groups in total. The molecule has 1 aliphatic rings. The summed E-state index contributed by atoms with van der Waals surface area (Å²) in [5, 5.41) is 3.91. The lowest BCUT2D eigenvalue weighted by atomic mass is 9.91. The molecule has 0 bridgehead atoms. The molecule has 2 rings (SSSR count). The van der Waals surface area contributed by atoms with Gasteiger partial charge in [0.1, 0.15) is 10.8 Å². The summed E-state index contributed by atoms with van der Waals surface area (Å²) in [6.45, 7) is 0. The van der Waals surface area contributed by atoms with E-state index < -0.39 is 0 Å². The Kier molecular flexibility index (Phi) is 3.84. The van der Waals surface area contributed by atoms with Crippen LogP contribution in [0.4, 0.5) is 5.82 Å². The fourth-order valence-electron chi connectivity index (χ4n) is 1.96. The Morgan fingerprint density at radius 1 is 1.31 bits per heavy atom. The second-order valence-corrected chi connectivity index (χ2v) is 4.78. The van der Waals surface area contributed by atoms with Crippen molar-refractivity contribution >= 4 is 29.0 Å². The van der Waals surface area contributed by atoms with Crippen molar-refractivity contribution in [2.24, 2.45) is 5.73 Å². The monoisotopic (exact) mass is 260 g/mol. The second kappa shape index (κ2) is 5.17. The maximum atomic E-state index is 6.03. The van der Waals surface area contributed by atoms with Crippen LogP contribution < -0.4 is 11.1 Å². The molecule has 0 saturated heterocycles. The minimum atomic E-state index is 0.151. The summed E-state index contributed by atoms with van der Waals surface area (Å²) in [7, 11) is 0. The first-order valence-electron chi connectivity index (χ1n) is 5.37. The maximum absolute atomic E-state index is 6.03. The molecule has 0 aromatic carbocycles. The van der Waals surface area contributed by atoms with Gasteiger partial charge in [0, 0.05) is 12.1 Å². The van der Waals surface area contributed by atoms with Gasteiger partial charge in [0.25, 0.3) is 0 Å². The zero-order valence-electron chi connectivity index (χ0n) is 8.79. The molecule has 4 nitrogen and oxygen atoms in total. The Labute approximate surface area is 105 Å². The van der Waals surface area contributed by atoms with E-state index in [9.17, 15) is 0 Å². The van der Waals surface area contributed by atoms with Crippen molar-refractivity contribution in [1.29, 1.82) is 0 Å². The predicted octanol–water partition coefficient (Wildman–Crippen LogP) is 2.47. The summed E-state index contributed by atoms with van der Waals surface area (Å²) >= 11 is 11.7. The molecule has 1 aromatic rings. The van der Waals surface area contributed by atoms with Crippen LogP contribution in [0.2, 0.25) is 10.3 Å². The van der Waals surface area contributed by atoms with Crippen molar-refractivity contribution < 1.29 is 0 Å². The molecule has 16 heavy (non-hydrogen) atoms. The highest BCUT2D eigenvalue weighted by Gasteiger charge is 2.22. The van der Waals surface area contributed by atoms with Gasteiger partial charge in [0.05, 0.1) is 6.20 Å². The minimum Gasteiger partial charge on any atom is -0.364 e. The summed E-state index contributed by atoms with van der Waals surface area (Å²) in [5.74, 6) is 0.573. The van der Waals surface area contributed by atoms with Crippen LogP contribution in [0.1, 0.15) is 25.7 Å². The normalized spacial score (nSPS) is 25.4. The number of aromatic nitrogens is 2. The van der Waals surface area contributed by atoms with E-state index >= 15 is 0 Å². The first kappa shape index (κ1) is 11.9. The Morgan fingerprint density at radius 3 is 2.81 bits per heavy atom. The number of nitrogens with two attached hydrogens (primary N) is 1. The standard InChI is InChI=1S/C10H14Cl2N4/c11-6-5-14-10(12)16-9(6)15-8-4-2-1-3-7(8)13/h5,7-8H,1-4,13H2,(H,14,15,16)/t7-,8-/m1/s1. The lowest BCUT2D eigenvalue weighted by Gasteiger charge is -2.29. The Hall–Kier alpha value is -0.580. The van der Waals surface area contributed by atoms with Gasteiger partial charge in [-0.1, -0.05) is 24.4 Å². The van der Waals surface area contributed by atoms with E-state index in [1.165, 1.54) is 19.0 Å². The van der Waals surface area contributed by atoms with Gasteiger partial charge in [0.15, 0.2) is 0 Å². The van der Waals surface area contributed by atoms with E-state index in [4.69, 9.17) is 28.9 Å². The number of hydrogen-bond donors (Lipinski definition) is 2. The van der Waals surface area contributed by atoms with Crippen molar-refractivity contribution in [2.75, 3.05) is 5.32 Å². The number of halogens is 2. The van der Waals surface area contributed by atoms with Crippen LogP contribution in [0, 0.1) is 0 Å². The van der Waals surface area contributed by atoms with Gasteiger partial charge in [-0.05, 0) is 24.4 Å². The van der Waals surface area contributed by atoms with Crippen molar-refractivity contribution in [3.05, 3.63) is 16.5 Å². The van der Waals surface area contributed by atoms with Gasteiger partial charge < -0.3 is 11.1 Å². The maximum Gasteiger partial charge on any atom is 0.224 e. The third-order valence-electron chi connectivity index (χ3n) is 2.86. The van der Waals surface area contributed by atoms with Crippen LogP contribution in [0.5, 0.6) is 0 Å². The van der Waals surface area contributed by atoms with Crippen molar-refractivity contribution in [1.82, 2.24) is 9.97 Å². The molecule has 1 aliphatic carbocycles. The smallest absolute Gasteiger partial charge is 0.224 e. The lowest BCUT2D eigenvalue weighted by Crippen LogP contribution is -2.42. The zero-order chi connectivity index (χ0) is 11.5. The van der Waals surface area contributed by atoms with Gasteiger partial charge >= 0.3 is 0 Å². The molecular formula is C10H14Cl2N4. The van der Waals surface area contributed by atoms with Crippen LogP contribution >= 0.6 is 23.2 Å². The Bertz CT molecular complexity index is 372. The average molecular weight is 261 g/mol. The van der Waals surface area contributed by atoms with E-state index in [2.05, 4.69) is 15.3 Å². The fourth-order valence-corrected chi connectivity index (χ4v) is 2.24. The molecule has 2 atom stereocenters. The topological polar surface area (TPSA) is 63.8 Å². The highest BCUT2D eigenvalue weighted by atomic mass is 35.5. The number of nitrogens with one attached hydrogen (secondary N) is 1. The van der Waals surface area contributed by atoms with Crippen molar-refractivity contribution in [2.45, 2.75) is 37.8 Å². The minimum absolute atomic E-state index is 0.151. The first-order valence-corrected chi connectivity index (χ1v) is 6.12. The Morgan fingerprint density at radius 2 is 2.06 bits per heavy atom. The van der Waals surface area contributed by atoms with Gasteiger partial charge in [0.2, 0.25) is 5.28 Å². The number of rotatable bonds is 2. The largest absolute Gasteiger partial charge is 0.364 e. The first-order chi connectivity index (χ1) is 7.66. The summed E-state index contributed by atoms with van der Waals surface area (Å²) in [6.07, 6.45) is 5.94. The molecule has 6 heteroatoms. The van der Waals surface area contributed by atoms with E-state index in [-0.39, 0.29) is 17.4 Å². The van der Waals surface area contributed by atoms with Crippen LogP contribution in [-0.4, -0.2) is 22.1 Å². The number of anilines is 1. The summed E-state index contributed by atoms with van der Waals surface area (Å²) in [5.41, 5.74) is 6.03. The van der Waals surface area contributed by atoms with Crippen molar-refractivity contribution in [3.8, 4) is 0 Å². The summed E-state index contributed by atoms with van der Waals surface area (Å²) in [6, 6.07) is 0.371. The van der Waals surface area contributed by atoms with E-state index in [0.717, 1.165) is 12.8 Å². The highest BCUT2D eigenvalue weighted by Crippen LogP contribution is 2.24. The molecule has 0 spiro atoms.